The fourth-order valence-electron chi connectivity index (χ4n) is 8.92. The molecule has 6 heterocycles. The van der Waals surface area contributed by atoms with E-state index in [4.69, 9.17) is 42.1 Å². The first-order valence-electron chi connectivity index (χ1n) is 22.5. The number of amides is 2. The molecule has 2 aromatic heterocycles. The number of piperidine rings is 1. The summed E-state index contributed by atoms with van der Waals surface area (Å²) >= 11 is 18.1. The number of anilines is 2. The van der Waals surface area contributed by atoms with Gasteiger partial charge in [-0.05, 0) is 104 Å². The van der Waals surface area contributed by atoms with Gasteiger partial charge in [-0.25, -0.2) is 4.79 Å². The molecule has 0 saturated carbocycles. The van der Waals surface area contributed by atoms with Crippen LogP contribution >= 0.6 is 69.4 Å². The van der Waals surface area contributed by atoms with Crippen molar-refractivity contribution in [3.05, 3.63) is 174 Å². The summed E-state index contributed by atoms with van der Waals surface area (Å²) in [4.78, 5) is 58.9. The molecule has 3 atom stereocenters. The molecule has 2 N–H and O–H groups in total. The maximum Gasteiger partial charge on any atom is 0.513 e. The summed E-state index contributed by atoms with van der Waals surface area (Å²) in [7, 11) is 1.24. The third-order valence-electron chi connectivity index (χ3n) is 12.5. The lowest BCUT2D eigenvalue weighted by atomic mass is 9.77. The molecule has 2 amide bonds. The van der Waals surface area contributed by atoms with Gasteiger partial charge in [0.25, 0.3) is 5.91 Å². The first kappa shape index (κ1) is 49.7. The number of carbonyl (C=O) groups excluding carboxylic acids is 4. The van der Waals surface area contributed by atoms with Crippen molar-refractivity contribution >= 4 is 105 Å². The molecule has 10 rings (SSSR count). The zero-order valence-corrected chi connectivity index (χ0v) is 42.7. The molecule has 70 heavy (non-hydrogen) atoms. The molecule has 0 aliphatic carbocycles. The Balaban J connectivity index is 0.000000175. The highest BCUT2D eigenvalue weighted by molar-refractivity contribution is 8.04. The van der Waals surface area contributed by atoms with Crippen LogP contribution in [0.4, 0.5) is 16.2 Å². The van der Waals surface area contributed by atoms with Crippen LogP contribution in [0.3, 0.4) is 0 Å². The molecule has 4 aromatic carbocycles. The number of ether oxygens (including phenoxy) is 4. The number of carbonyl (C=O) groups is 4. The van der Waals surface area contributed by atoms with Gasteiger partial charge in [-0.3, -0.25) is 14.4 Å². The van der Waals surface area contributed by atoms with Crippen LogP contribution in [-0.4, -0.2) is 88.7 Å². The van der Waals surface area contributed by atoms with E-state index in [-0.39, 0.29) is 41.1 Å². The van der Waals surface area contributed by atoms with Gasteiger partial charge in [-0.1, -0.05) is 83.5 Å². The number of rotatable bonds is 11. The number of ketones is 1. The highest BCUT2D eigenvalue weighted by Crippen LogP contribution is 2.46. The van der Waals surface area contributed by atoms with E-state index in [0.717, 1.165) is 89.7 Å². The molecule has 0 radical (unpaired) electrons. The van der Waals surface area contributed by atoms with E-state index < -0.39 is 22.5 Å². The lowest BCUT2D eigenvalue weighted by molar-refractivity contribution is -0.133. The van der Waals surface area contributed by atoms with Crippen molar-refractivity contribution in [3.63, 3.8) is 0 Å². The third-order valence-corrected chi connectivity index (χ3v) is 17.3. The Morgan fingerprint density at radius 2 is 1.16 bits per heavy atom. The van der Waals surface area contributed by atoms with Crippen molar-refractivity contribution in [1.82, 2.24) is 10.6 Å². The molecule has 6 aromatic rings. The number of thioether (sulfide) groups is 2. The Bertz CT molecular complexity index is 2820. The largest absolute Gasteiger partial charge is 0.513 e. The topological polar surface area (TPSA) is 136 Å². The second-order valence-electron chi connectivity index (χ2n) is 16.7. The molecule has 12 nitrogen and oxygen atoms in total. The second-order valence-corrected chi connectivity index (χ2v) is 21.2. The van der Waals surface area contributed by atoms with E-state index in [0.29, 0.717) is 28.2 Å². The number of thiophene rings is 2. The predicted octanol–water partition coefficient (Wildman–Crippen LogP) is 10.5. The van der Waals surface area contributed by atoms with Crippen molar-refractivity contribution in [2.45, 2.75) is 39.0 Å². The fraction of sp³-hybridized carbons (Fsp3) is 0.269. The number of hydrogen-bond donors (Lipinski definition) is 2. The Morgan fingerprint density at radius 3 is 1.63 bits per heavy atom. The van der Waals surface area contributed by atoms with Gasteiger partial charge < -0.3 is 39.4 Å². The average molecular weight is 1060 g/mol. The molecule has 0 spiro atoms. The summed E-state index contributed by atoms with van der Waals surface area (Å²) in [5.41, 5.74) is 4.00. The van der Waals surface area contributed by atoms with E-state index in [2.05, 4.69) is 44.7 Å². The molecule has 4 aliphatic rings. The molecule has 0 bridgehead atoms. The standard InChI is InChI=1S/C27H25ClN2O5S2.C25H23ClN2O3S2/c1-33-26(32)35-22-16-27(19-10-15-36-17-19,18-6-8-20(9-7-18)30-11-13-34-14-12-30)29-25(31)24(22)37-23-5-3-2-4-21(23)28;26-20-3-1-2-4-22(20)33-23-21(29)15-25(27-24(23)30,18-9-14-32-16-18)17-5-7-19(8-6-17)28-10-12-31-13-11-28/h2-10,15,17H,11-14,16H2,1H3,(H,29,31);1-9,14,16,23H,10-13,15H2,(H,27,30). The maximum absolute atomic E-state index is 13.7. The average Bonchev–Trinajstić information content (AvgIpc) is 4.15. The van der Waals surface area contributed by atoms with Crippen LogP contribution in [-0.2, 0) is 44.4 Å². The van der Waals surface area contributed by atoms with Crippen molar-refractivity contribution < 1.29 is 38.1 Å². The highest BCUT2D eigenvalue weighted by atomic mass is 35.5. The van der Waals surface area contributed by atoms with Crippen molar-refractivity contribution in [2.24, 2.45) is 0 Å². The minimum atomic E-state index is -0.936. The number of Topliss-reactive ketones (excluding diaryl/α,β-unsaturated/α-hetero) is 1. The maximum atomic E-state index is 13.7. The SMILES string of the molecule is COC(=O)OC1=C(Sc2ccccc2Cl)C(=O)NC(c2ccc(N3CCOCC3)cc2)(c2ccsc2)C1.O=C1CC(c2ccc(N3CCOCC3)cc2)(c2ccsc2)NC(=O)C1Sc1ccccc1Cl. The van der Waals surface area contributed by atoms with E-state index in [1.165, 1.54) is 30.2 Å². The molecule has 18 heteroatoms. The second kappa shape index (κ2) is 22.4. The van der Waals surface area contributed by atoms with Gasteiger partial charge in [0.1, 0.15) is 15.9 Å². The monoisotopic (exact) mass is 1050 g/mol. The fourth-order valence-corrected chi connectivity index (χ4v) is 12.8. The Kier molecular flexibility index (Phi) is 15.9. The number of benzene rings is 4. The molecule has 4 aliphatic heterocycles. The number of nitrogens with one attached hydrogen (secondary N) is 2. The summed E-state index contributed by atoms with van der Waals surface area (Å²) < 4.78 is 21.3. The third kappa shape index (κ3) is 10.8. The zero-order valence-electron chi connectivity index (χ0n) is 37.9. The summed E-state index contributed by atoms with van der Waals surface area (Å²) in [6.07, 6.45) is -0.480. The van der Waals surface area contributed by atoms with Crippen molar-refractivity contribution in [2.75, 3.05) is 69.5 Å². The zero-order chi connectivity index (χ0) is 48.7. The van der Waals surface area contributed by atoms with Crippen LogP contribution in [0.25, 0.3) is 0 Å². The number of morpholine rings is 2. The predicted molar refractivity (Wildman–Crippen MR) is 279 cm³/mol. The normalized spacial score (nSPS) is 21.6. The Morgan fingerprint density at radius 1 is 0.657 bits per heavy atom. The molecule has 362 valence electrons. The van der Waals surface area contributed by atoms with Crippen molar-refractivity contribution in [3.8, 4) is 0 Å². The molecule has 3 saturated heterocycles. The smallest absolute Gasteiger partial charge is 0.437 e. The van der Waals surface area contributed by atoms with Gasteiger partial charge in [0.15, 0.2) is 5.78 Å². The van der Waals surface area contributed by atoms with Crippen LogP contribution in [0.2, 0.25) is 10.0 Å². The van der Waals surface area contributed by atoms with E-state index in [9.17, 15) is 19.2 Å². The summed E-state index contributed by atoms with van der Waals surface area (Å²) in [5, 5.41) is 14.6. The Labute approximate surface area is 432 Å². The Hall–Kier alpha value is -5.30. The van der Waals surface area contributed by atoms with Gasteiger partial charge in [-0.15, -0.1) is 11.8 Å². The van der Waals surface area contributed by atoms with Gasteiger partial charge in [0, 0.05) is 60.2 Å². The first-order chi connectivity index (χ1) is 34.1. The van der Waals surface area contributed by atoms with Crippen molar-refractivity contribution in [1.29, 1.82) is 0 Å². The van der Waals surface area contributed by atoms with Crippen LogP contribution in [0.15, 0.2) is 151 Å². The van der Waals surface area contributed by atoms with Gasteiger partial charge in [0.2, 0.25) is 5.91 Å². The first-order valence-corrected chi connectivity index (χ1v) is 26.8. The summed E-state index contributed by atoms with van der Waals surface area (Å²) in [6.45, 7) is 6.19. The minimum absolute atomic E-state index is 0.105. The number of methoxy groups -OCH3 is 1. The highest BCUT2D eigenvalue weighted by Gasteiger charge is 2.48. The molecular formula is C52H48Cl2N4O8S4. The van der Waals surface area contributed by atoms with Crippen LogP contribution in [0.5, 0.6) is 0 Å². The number of nitrogens with zero attached hydrogens (tertiary/aromatic N) is 2. The van der Waals surface area contributed by atoms with Crippen LogP contribution in [0.1, 0.15) is 35.1 Å². The van der Waals surface area contributed by atoms with E-state index in [1.54, 1.807) is 23.5 Å². The van der Waals surface area contributed by atoms with E-state index >= 15 is 0 Å². The summed E-state index contributed by atoms with van der Waals surface area (Å²) in [5.74, 6) is -0.533. The number of halogens is 2. The minimum Gasteiger partial charge on any atom is -0.437 e. The van der Waals surface area contributed by atoms with Gasteiger partial charge in [0.05, 0.1) is 54.7 Å². The molecular weight excluding hydrogens is 1010 g/mol. The number of hydrogen-bond acceptors (Lipinski definition) is 14. The molecule has 3 fully saturated rings. The summed E-state index contributed by atoms with van der Waals surface area (Å²) in [6, 6.07) is 34.8. The lowest BCUT2D eigenvalue weighted by Crippen LogP contribution is -2.57. The lowest BCUT2D eigenvalue weighted by Gasteiger charge is -2.40. The quantitative estimate of drug-likeness (QED) is 0.0944. The molecule has 3 unspecified atom stereocenters. The van der Waals surface area contributed by atoms with Crippen LogP contribution < -0.4 is 20.4 Å². The van der Waals surface area contributed by atoms with Gasteiger partial charge in [-0.2, -0.15) is 22.7 Å². The van der Waals surface area contributed by atoms with Gasteiger partial charge >= 0.3 is 6.16 Å². The van der Waals surface area contributed by atoms with Crippen LogP contribution in [0, 0.1) is 0 Å². The van der Waals surface area contributed by atoms with E-state index in [1.807, 2.05) is 94.3 Å².